The van der Waals surface area contributed by atoms with E-state index in [4.69, 9.17) is 0 Å². The van der Waals surface area contributed by atoms with Gasteiger partial charge in [-0.15, -0.1) is 11.3 Å². The third-order valence-electron chi connectivity index (χ3n) is 22.0. The Kier molecular flexibility index (Phi) is 9.81. The van der Waals surface area contributed by atoms with E-state index in [1.165, 1.54) is 201 Å². The van der Waals surface area contributed by atoms with E-state index in [1.54, 1.807) is 22.3 Å². The minimum Gasteiger partial charge on any atom is -0.375 e. The highest BCUT2D eigenvalue weighted by molar-refractivity contribution is 7.26. The van der Waals surface area contributed by atoms with Crippen LogP contribution >= 0.6 is 11.3 Å². The molecule has 7 aromatic carbocycles. The summed E-state index contributed by atoms with van der Waals surface area (Å²) in [7, 11) is 0. The number of hydrogen-bond donors (Lipinski definition) is 0. The molecule has 9 aromatic rings. The Hall–Kier alpha value is -5.58. The van der Waals surface area contributed by atoms with Crippen molar-refractivity contribution in [1.82, 2.24) is 4.48 Å². The lowest BCUT2D eigenvalue weighted by Crippen LogP contribution is -2.56. The zero-order valence-electron chi connectivity index (χ0n) is 46.4. The first-order valence-corrected chi connectivity index (χ1v) is 30.8. The molecule has 4 fully saturated rings. The minimum atomic E-state index is -0.0112. The first kappa shape index (κ1) is 46.5. The van der Waals surface area contributed by atoms with Crippen LogP contribution in [0.25, 0.3) is 64.9 Å². The van der Waals surface area contributed by atoms with Crippen LogP contribution in [-0.4, -0.2) is 11.3 Å². The predicted molar refractivity (Wildman–Crippen MR) is 327 cm³/mol. The summed E-state index contributed by atoms with van der Waals surface area (Å²) in [6, 6.07) is 50.0. The van der Waals surface area contributed by atoms with Crippen molar-refractivity contribution in [2.24, 2.45) is 11.8 Å². The van der Waals surface area contributed by atoms with E-state index < -0.39 is 0 Å². The van der Waals surface area contributed by atoms with E-state index >= 15 is 0 Å². The molecule has 76 heavy (non-hydrogen) atoms. The van der Waals surface area contributed by atoms with Gasteiger partial charge in [0.05, 0.1) is 16.4 Å². The quantitative estimate of drug-likeness (QED) is 0.160. The van der Waals surface area contributed by atoms with Crippen molar-refractivity contribution in [1.29, 1.82) is 0 Å². The van der Waals surface area contributed by atoms with Crippen molar-refractivity contribution in [3.63, 3.8) is 0 Å². The second kappa shape index (κ2) is 16.0. The maximum atomic E-state index is 2.94. The largest absolute Gasteiger partial charge is 0.375 e. The summed E-state index contributed by atoms with van der Waals surface area (Å²) in [5, 5.41) is 8.52. The van der Waals surface area contributed by atoms with E-state index in [2.05, 4.69) is 191 Å². The van der Waals surface area contributed by atoms with Crippen LogP contribution in [-0.2, 0) is 27.1 Å². The molecule has 0 spiro atoms. The molecule has 0 saturated heterocycles. The van der Waals surface area contributed by atoms with Gasteiger partial charge in [-0.2, -0.15) is 0 Å². The van der Waals surface area contributed by atoms with Crippen LogP contribution in [0.5, 0.6) is 0 Å². The zero-order chi connectivity index (χ0) is 51.3. The Balaban J connectivity index is 1.07. The highest BCUT2D eigenvalue weighted by Crippen LogP contribution is 2.58. The summed E-state index contributed by atoms with van der Waals surface area (Å²) in [6.45, 7) is 17.2. The highest BCUT2D eigenvalue weighted by Gasteiger charge is 2.49. The summed E-state index contributed by atoms with van der Waals surface area (Å²) in [4.78, 5) is 2.81. The Morgan fingerprint density at radius 2 is 1.18 bits per heavy atom. The van der Waals surface area contributed by atoms with Gasteiger partial charge in [-0.1, -0.05) is 167 Å². The third-order valence-corrected chi connectivity index (χ3v) is 23.2. The Labute approximate surface area is 456 Å². The molecule has 0 atom stereocenters. The van der Waals surface area contributed by atoms with Crippen molar-refractivity contribution in [3.8, 4) is 22.3 Å². The third kappa shape index (κ3) is 6.52. The molecule has 4 saturated carbocycles. The van der Waals surface area contributed by atoms with E-state index in [9.17, 15) is 0 Å². The molecule has 382 valence electrons. The predicted octanol–water partition coefficient (Wildman–Crippen LogP) is 19.1. The fourth-order valence-electron chi connectivity index (χ4n) is 17.9. The highest BCUT2D eigenvalue weighted by atomic mass is 32.1. The van der Waals surface area contributed by atoms with Gasteiger partial charge in [0.15, 0.2) is 0 Å². The minimum absolute atomic E-state index is 0.00981. The van der Waals surface area contributed by atoms with Gasteiger partial charge >= 0.3 is 6.85 Å². The van der Waals surface area contributed by atoms with Gasteiger partial charge in [-0.05, 0) is 206 Å². The monoisotopic (exact) mass is 1010 g/mol. The Morgan fingerprint density at radius 3 is 1.88 bits per heavy atom. The molecule has 4 heterocycles. The van der Waals surface area contributed by atoms with Crippen LogP contribution in [0.15, 0.2) is 121 Å². The van der Waals surface area contributed by atoms with Crippen molar-refractivity contribution in [3.05, 3.63) is 149 Å². The summed E-state index contributed by atoms with van der Waals surface area (Å²) >= 11 is 2.06. The standard InChI is InChI=1S/C72H75BN2S/c1-68(2,3)48-25-27-60(52(36-48)46-21-9-8-10-22-46)74-66-51-24-12-11-23-47(51)35-54-56-39-50(72-31-15-19-45(43-72)20-16-32-72)38-55-53-37-49(71-29-13-17-44(42-71)18-14-30-71)26-28-61(53)75(65(55)56)73(63(54)66)64-57-40-58-59(41-62(57)76-67(64)74)70(6,7)34-33-69(58,4)5/h8-12,21-28,35-41,44-45H,13-20,29-34,42-43H2,1-7H3. The molecule has 2 aromatic heterocycles. The van der Waals surface area contributed by atoms with Gasteiger partial charge in [0.2, 0.25) is 0 Å². The normalized spacial score (nSPS) is 25.0. The van der Waals surface area contributed by atoms with Crippen LogP contribution < -0.4 is 15.8 Å². The molecule has 0 unspecified atom stereocenters. The van der Waals surface area contributed by atoms with Gasteiger partial charge in [0.1, 0.15) is 0 Å². The second-order valence-electron chi connectivity index (χ2n) is 28.3. The summed E-state index contributed by atoms with van der Waals surface area (Å²) in [5.41, 5.74) is 22.4. The lowest BCUT2D eigenvalue weighted by Gasteiger charge is -2.46. The van der Waals surface area contributed by atoms with E-state index in [0.29, 0.717) is 5.41 Å². The molecule has 4 bridgehead atoms. The van der Waals surface area contributed by atoms with Gasteiger partial charge in [-0.3, -0.25) is 0 Å². The number of benzene rings is 7. The Bertz CT molecular complexity index is 3910. The van der Waals surface area contributed by atoms with E-state index in [0.717, 1.165) is 11.8 Å². The first-order chi connectivity index (χ1) is 36.7. The molecular formula is C72H75BN2S. The lowest BCUT2D eigenvalue weighted by atomic mass is 9.45. The average Bonchev–Trinajstić information content (AvgIpc) is 4.05. The smallest absolute Gasteiger partial charge is 0.334 e. The maximum absolute atomic E-state index is 2.94. The summed E-state index contributed by atoms with van der Waals surface area (Å²) in [6.07, 6.45) is 21.6. The number of aromatic nitrogens is 1. The zero-order valence-corrected chi connectivity index (χ0v) is 47.2. The topological polar surface area (TPSA) is 8.17 Å². The van der Waals surface area contributed by atoms with Crippen molar-refractivity contribution in [2.75, 3.05) is 4.90 Å². The van der Waals surface area contributed by atoms with Crippen LogP contribution in [0.3, 0.4) is 0 Å². The molecule has 0 N–H and O–H groups in total. The molecule has 2 nitrogen and oxygen atoms in total. The average molecular weight is 1010 g/mol. The van der Waals surface area contributed by atoms with Crippen LogP contribution in [0.1, 0.15) is 179 Å². The fourth-order valence-corrected chi connectivity index (χ4v) is 19.2. The SMILES string of the molecule is CC(C)(C)c1ccc(N2c3sc4cc5c(cc4c3B3c4c(cc6ccccc6c42)-c2cc(C46CCCC(CCC4)C6)cc4c6cc(C78CCCC(CCC7)C8)ccc6n3c24)C(C)(C)CCC5(C)C)c(-c2ccccc2)c1. The Morgan fingerprint density at radius 1 is 0.539 bits per heavy atom. The maximum Gasteiger partial charge on any atom is 0.334 e. The van der Waals surface area contributed by atoms with E-state index in [1.807, 2.05) is 0 Å². The van der Waals surface area contributed by atoms with Crippen molar-refractivity contribution >= 4 is 88.2 Å². The number of fused-ring (bicyclic) bond motifs is 16. The molecule has 0 radical (unpaired) electrons. The molecule has 2 aliphatic heterocycles. The van der Waals surface area contributed by atoms with E-state index in [-0.39, 0.29) is 28.5 Å². The number of anilines is 3. The second-order valence-corrected chi connectivity index (χ2v) is 29.3. The summed E-state index contributed by atoms with van der Waals surface area (Å²) in [5.74, 6) is 1.74. The van der Waals surface area contributed by atoms with Gasteiger partial charge in [0, 0.05) is 43.0 Å². The number of nitrogens with zero attached hydrogens (tertiary/aromatic N) is 2. The van der Waals surface area contributed by atoms with Crippen molar-refractivity contribution < 1.29 is 0 Å². The number of rotatable bonds is 4. The molecule has 16 rings (SSSR count). The number of thiophene rings is 1. The van der Waals surface area contributed by atoms with Crippen LogP contribution in [0.4, 0.5) is 16.4 Å². The molecule has 7 aliphatic rings. The number of hydrogen-bond acceptors (Lipinski definition) is 2. The van der Waals surface area contributed by atoms with Gasteiger partial charge < -0.3 is 9.38 Å². The lowest BCUT2D eigenvalue weighted by molar-refractivity contribution is 0.149. The molecule has 0 amide bonds. The molecule has 4 heteroatoms. The molecular weight excluding hydrogens is 936 g/mol. The van der Waals surface area contributed by atoms with Gasteiger partial charge in [0.25, 0.3) is 0 Å². The molecule has 5 aliphatic carbocycles. The van der Waals surface area contributed by atoms with Crippen LogP contribution in [0, 0.1) is 11.8 Å². The van der Waals surface area contributed by atoms with Crippen molar-refractivity contribution in [2.45, 2.75) is 178 Å². The van der Waals surface area contributed by atoms with Gasteiger partial charge in [-0.25, -0.2) is 0 Å². The fraction of sp³-hybridized carbons (Fsp3) is 0.417. The first-order valence-electron chi connectivity index (χ1n) is 30.0. The van der Waals surface area contributed by atoms with Crippen LogP contribution in [0.2, 0.25) is 0 Å². The summed E-state index contributed by atoms with van der Waals surface area (Å²) < 4.78 is 4.37.